The number of aliphatic hydroxyl groups excluding tert-OH is 2. The van der Waals surface area contributed by atoms with Gasteiger partial charge >= 0.3 is 0 Å². The molecule has 0 aromatic carbocycles. The van der Waals surface area contributed by atoms with Gasteiger partial charge in [0.1, 0.15) is 0 Å². The molecule has 0 amide bonds. The van der Waals surface area contributed by atoms with Gasteiger partial charge in [-0.05, 0) is 24.5 Å². The minimum Gasteiger partial charge on any atom is -0.389 e. The highest BCUT2D eigenvalue weighted by molar-refractivity contribution is 6.06. The molecule has 0 radical (unpaired) electrons. The lowest BCUT2D eigenvalue weighted by atomic mass is 9.60. The minimum absolute atomic E-state index is 0.0894. The van der Waals surface area contributed by atoms with Crippen LogP contribution in [0.15, 0.2) is 23.8 Å². The van der Waals surface area contributed by atoms with E-state index in [1.165, 1.54) is 6.08 Å². The number of carbonyl (C=O) groups excluding carboxylic acids is 1. The van der Waals surface area contributed by atoms with Crippen LogP contribution >= 0.6 is 0 Å². The number of aliphatic hydroxyl groups is 2. The van der Waals surface area contributed by atoms with E-state index in [4.69, 9.17) is 0 Å². The summed E-state index contributed by atoms with van der Waals surface area (Å²) < 4.78 is 0. The Morgan fingerprint density at radius 3 is 2.80 bits per heavy atom. The summed E-state index contributed by atoms with van der Waals surface area (Å²) in [4.78, 5) is 11.7. The third-order valence-electron chi connectivity index (χ3n) is 3.87. The molecule has 4 atom stereocenters. The summed E-state index contributed by atoms with van der Waals surface area (Å²) in [5.41, 5.74) is 0.0224. The smallest absolute Gasteiger partial charge is 0.182 e. The van der Waals surface area contributed by atoms with Crippen LogP contribution in [0.3, 0.4) is 0 Å². The Morgan fingerprint density at radius 2 is 2.13 bits per heavy atom. The molecule has 0 saturated heterocycles. The van der Waals surface area contributed by atoms with Crippen molar-refractivity contribution in [3.05, 3.63) is 23.8 Å². The predicted molar refractivity (Wildman–Crippen MR) is 56.1 cm³/mol. The van der Waals surface area contributed by atoms with Crippen LogP contribution in [-0.2, 0) is 4.79 Å². The van der Waals surface area contributed by atoms with Gasteiger partial charge in [-0.1, -0.05) is 19.9 Å². The van der Waals surface area contributed by atoms with Gasteiger partial charge < -0.3 is 10.2 Å². The molecule has 0 fully saturated rings. The molecule has 2 aliphatic rings. The summed E-state index contributed by atoms with van der Waals surface area (Å²) in [5.74, 6) is 0.00444. The molecule has 0 bridgehead atoms. The van der Waals surface area contributed by atoms with Gasteiger partial charge in [0.05, 0.1) is 12.2 Å². The SMILES string of the molecule is CC1CC(O)C=C2C(=O)C=CC(O)[C@]21C. The summed E-state index contributed by atoms with van der Waals surface area (Å²) in [6.45, 7) is 3.85. The maximum atomic E-state index is 11.7. The molecule has 2 rings (SSSR count). The van der Waals surface area contributed by atoms with Crippen LogP contribution in [0.4, 0.5) is 0 Å². The average Bonchev–Trinajstić information content (AvgIpc) is 2.17. The molecule has 0 saturated carbocycles. The number of allylic oxidation sites excluding steroid dienone is 1. The van der Waals surface area contributed by atoms with E-state index < -0.39 is 17.6 Å². The van der Waals surface area contributed by atoms with E-state index >= 15 is 0 Å². The van der Waals surface area contributed by atoms with Crippen molar-refractivity contribution in [2.45, 2.75) is 32.5 Å². The minimum atomic E-state index is -0.635. The summed E-state index contributed by atoms with van der Waals surface area (Å²) in [6.07, 6.45) is 3.93. The first-order valence-electron chi connectivity index (χ1n) is 5.27. The largest absolute Gasteiger partial charge is 0.389 e. The highest BCUT2D eigenvalue weighted by Crippen LogP contribution is 2.47. The zero-order chi connectivity index (χ0) is 11.2. The normalized spacial score (nSPS) is 44.9. The fourth-order valence-electron chi connectivity index (χ4n) is 2.58. The van der Waals surface area contributed by atoms with Crippen LogP contribution < -0.4 is 0 Å². The lowest BCUT2D eigenvalue weighted by Gasteiger charge is -2.45. The maximum absolute atomic E-state index is 11.7. The van der Waals surface area contributed by atoms with Crippen LogP contribution in [0.2, 0.25) is 0 Å². The number of rotatable bonds is 0. The number of hydrogen-bond acceptors (Lipinski definition) is 3. The summed E-state index contributed by atoms with van der Waals surface area (Å²) in [6, 6.07) is 0. The molecule has 0 heterocycles. The van der Waals surface area contributed by atoms with Crippen molar-refractivity contribution < 1.29 is 15.0 Å². The Morgan fingerprint density at radius 1 is 1.47 bits per heavy atom. The second-order valence-electron chi connectivity index (χ2n) is 4.74. The van der Waals surface area contributed by atoms with Gasteiger partial charge in [-0.3, -0.25) is 4.79 Å². The van der Waals surface area contributed by atoms with Crippen LogP contribution in [0.1, 0.15) is 20.3 Å². The zero-order valence-corrected chi connectivity index (χ0v) is 8.97. The van der Waals surface area contributed by atoms with Gasteiger partial charge in [-0.15, -0.1) is 0 Å². The third kappa shape index (κ3) is 1.38. The van der Waals surface area contributed by atoms with Gasteiger partial charge in [0.25, 0.3) is 0 Å². The van der Waals surface area contributed by atoms with E-state index in [1.807, 2.05) is 13.8 Å². The number of carbonyl (C=O) groups is 1. The molecule has 82 valence electrons. The van der Waals surface area contributed by atoms with E-state index in [9.17, 15) is 15.0 Å². The van der Waals surface area contributed by atoms with Gasteiger partial charge in [0.15, 0.2) is 5.78 Å². The number of ketones is 1. The van der Waals surface area contributed by atoms with Crippen molar-refractivity contribution in [3.8, 4) is 0 Å². The van der Waals surface area contributed by atoms with Crippen LogP contribution in [0.25, 0.3) is 0 Å². The average molecular weight is 208 g/mol. The Kier molecular flexibility index (Phi) is 2.32. The van der Waals surface area contributed by atoms with Crippen molar-refractivity contribution in [2.75, 3.05) is 0 Å². The highest BCUT2D eigenvalue weighted by Gasteiger charge is 2.47. The standard InChI is InChI=1S/C12H16O3/c1-7-5-8(13)6-9-10(14)3-4-11(15)12(7,9)2/h3-4,6-8,11,13,15H,5H2,1-2H3/t7?,8?,11?,12-/m0/s1. The van der Waals surface area contributed by atoms with E-state index in [0.717, 1.165) is 0 Å². The molecule has 0 aliphatic heterocycles. The first-order valence-corrected chi connectivity index (χ1v) is 5.27. The van der Waals surface area contributed by atoms with Gasteiger partial charge in [-0.25, -0.2) is 0 Å². The second-order valence-corrected chi connectivity index (χ2v) is 4.74. The molecule has 3 heteroatoms. The van der Waals surface area contributed by atoms with Crippen LogP contribution in [-0.4, -0.2) is 28.2 Å². The third-order valence-corrected chi connectivity index (χ3v) is 3.87. The Bertz CT molecular complexity index is 356. The van der Waals surface area contributed by atoms with Gasteiger partial charge in [0.2, 0.25) is 0 Å². The molecular weight excluding hydrogens is 192 g/mol. The molecule has 3 nitrogen and oxygen atoms in total. The molecule has 15 heavy (non-hydrogen) atoms. The van der Waals surface area contributed by atoms with E-state index in [2.05, 4.69) is 0 Å². The molecule has 2 aliphatic carbocycles. The van der Waals surface area contributed by atoms with Crippen molar-refractivity contribution in [1.29, 1.82) is 0 Å². The summed E-state index contributed by atoms with van der Waals surface area (Å²) in [5, 5.41) is 19.6. The lowest BCUT2D eigenvalue weighted by Crippen LogP contribution is -2.47. The molecular formula is C12H16O3. The van der Waals surface area contributed by atoms with Gasteiger partial charge in [0, 0.05) is 11.0 Å². The Balaban J connectivity index is 2.54. The fraction of sp³-hybridized carbons (Fsp3) is 0.583. The lowest BCUT2D eigenvalue weighted by molar-refractivity contribution is -0.115. The quantitative estimate of drug-likeness (QED) is 0.619. The Labute approximate surface area is 89.1 Å². The number of fused-ring (bicyclic) bond motifs is 1. The van der Waals surface area contributed by atoms with E-state index in [1.54, 1.807) is 12.2 Å². The van der Waals surface area contributed by atoms with Gasteiger partial charge in [-0.2, -0.15) is 0 Å². The van der Waals surface area contributed by atoms with Crippen LogP contribution in [0.5, 0.6) is 0 Å². The fourth-order valence-corrected chi connectivity index (χ4v) is 2.58. The molecule has 0 aromatic rings. The van der Waals surface area contributed by atoms with Crippen molar-refractivity contribution in [1.82, 2.24) is 0 Å². The topological polar surface area (TPSA) is 57.5 Å². The molecule has 2 N–H and O–H groups in total. The zero-order valence-electron chi connectivity index (χ0n) is 8.97. The van der Waals surface area contributed by atoms with E-state index in [-0.39, 0.29) is 11.7 Å². The monoisotopic (exact) mass is 208 g/mol. The highest BCUT2D eigenvalue weighted by atomic mass is 16.3. The first-order chi connectivity index (χ1) is 6.96. The summed E-state index contributed by atoms with van der Waals surface area (Å²) >= 11 is 0. The summed E-state index contributed by atoms with van der Waals surface area (Å²) in [7, 11) is 0. The predicted octanol–water partition coefficient (Wildman–Crippen LogP) is 0.820. The van der Waals surface area contributed by atoms with E-state index in [0.29, 0.717) is 12.0 Å². The van der Waals surface area contributed by atoms with Crippen molar-refractivity contribution >= 4 is 5.78 Å². The van der Waals surface area contributed by atoms with Crippen molar-refractivity contribution in [3.63, 3.8) is 0 Å². The van der Waals surface area contributed by atoms with Crippen LogP contribution in [0, 0.1) is 11.3 Å². The second kappa shape index (κ2) is 3.29. The Hall–Kier alpha value is -0.930. The maximum Gasteiger partial charge on any atom is 0.182 e. The molecule has 3 unspecified atom stereocenters. The molecule has 0 aromatic heterocycles. The van der Waals surface area contributed by atoms with Crippen molar-refractivity contribution in [2.24, 2.45) is 11.3 Å². The number of hydrogen-bond donors (Lipinski definition) is 2. The first kappa shape index (κ1) is 10.6. The molecule has 0 spiro atoms.